The summed E-state index contributed by atoms with van der Waals surface area (Å²) in [7, 11) is 1.71. The molecule has 1 aliphatic heterocycles. The van der Waals surface area contributed by atoms with E-state index in [9.17, 15) is 0 Å². The van der Waals surface area contributed by atoms with Crippen LogP contribution in [0.5, 0.6) is 5.75 Å². The minimum absolute atomic E-state index is 0.385. The normalized spacial score (nSPS) is 17.2. The van der Waals surface area contributed by atoms with Gasteiger partial charge in [0.05, 0.1) is 25.6 Å². The van der Waals surface area contributed by atoms with Gasteiger partial charge < -0.3 is 14.8 Å². The summed E-state index contributed by atoms with van der Waals surface area (Å²) in [5.74, 6) is 2.00. The summed E-state index contributed by atoms with van der Waals surface area (Å²) in [4.78, 5) is 0. The first kappa shape index (κ1) is 13.7. The number of benzene rings is 1. The van der Waals surface area contributed by atoms with Gasteiger partial charge in [-0.3, -0.25) is 0 Å². The van der Waals surface area contributed by atoms with E-state index in [0.717, 1.165) is 31.3 Å². The molecule has 1 aromatic rings. The minimum Gasteiger partial charge on any atom is -0.497 e. The number of rotatable bonds is 7. The molecule has 1 fully saturated rings. The van der Waals surface area contributed by atoms with Gasteiger partial charge in [-0.15, -0.1) is 0 Å². The van der Waals surface area contributed by atoms with Gasteiger partial charge >= 0.3 is 0 Å². The molecule has 2 rings (SSSR count). The number of thioether (sulfide) groups is 1. The van der Waals surface area contributed by atoms with E-state index in [-0.39, 0.29) is 0 Å². The average molecular weight is 267 g/mol. The topological polar surface area (TPSA) is 30.5 Å². The van der Waals surface area contributed by atoms with Crippen LogP contribution in [0.4, 0.5) is 0 Å². The predicted octanol–water partition coefficient (Wildman–Crippen LogP) is 2.48. The monoisotopic (exact) mass is 267 g/mol. The Morgan fingerprint density at radius 3 is 2.94 bits per heavy atom. The van der Waals surface area contributed by atoms with Crippen LogP contribution in [0, 0.1) is 0 Å². The molecule has 0 aromatic heterocycles. The minimum atomic E-state index is 0.385. The smallest absolute Gasteiger partial charge is 0.119 e. The van der Waals surface area contributed by atoms with E-state index >= 15 is 0 Å². The number of hydrogen-bond donors (Lipinski definition) is 1. The zero-order chi connectivity index (χ0) is 12.8. The maximum atomic E-state index is 5.29. The van der Waals surface area contributed by atoms with Crippen LogP contribution in [0.15, 0.2) is 24.3 Å². The van der Waals surface area contributed by atoms with Crippen molar-refractivity contribution in [3.05, 3.63) is 29.8 Å². The molecule has 4 heteroatoms. The van der Waals surface area contributed by atoms with Crippen LogP contribution >= 0.6 is 11.8 Å². The number of nitrogens with one attached hydrogen (secondary N) is 1. The van der Waals surface area contributed by atoms with Gasteiger partial charge in [-0.2, -0.15) is 11.8 Å². The molecule has 1 saturated heterocycles. The van der Waals surface area contributed by atoms with Crippen LogP contribution in [-0.4, -0.2) is 37.9 Å². The molecule has 18 heavy (non-hydrogen) atoms. The quantitative estimate of drug-likeness (QED) is 0.822. The molecule has 1 unspecified atom stereocenters. The Morgan fingerprint density at radius 2 is 2.33 bits per heavy atom. The highest BCUT2D eigenvalue weighted by Crippen LogP contribution is 2.26. The fraction of sp³-hybridized carbons (Fsp3) is 0.571. The summed E-state index contributed by atoms with van der Waals surface area (Å²) < 4.78 is 10.5. The van der Waals surface area contributed by atoms with Crippen LogP contribution in [-0.2, 0) is 4.74 Å². The Kier molecular flexibility index (Phi) is 5.35. The SMILES string of the molecule is CCNC(CSC1COC1)c1cccc(OC)c1. The average Bonchev–Trinajstić information content (AvgIpc) is 2.36. The molecule has 0 bridgehead atoms. The summed E-state index contributed by atoms with van der Waals surface area (Å²) >= 11 is 1.99. The van der Waals surface area contributed by atoms with Gasteiger partial charge in [-0.1, -0.05) is 19.1 Å². The van der Waals surface area contributed by atoms with Gasteiger partial charge in [-0.25, -0.2) is 0 Å². The van der Waals surface area contributed by atoms with Crippen LogP contribution < -0.4 is 10.1 Å². The van der Waals surface area contributed by atoms with Crippen molar-refractivity contribution in [2.45, 2.75) is 18.2 Å². The van der Waals surface area contributed by atoms with Crippen molar-refractivity contribution in [2.24, 2.45) is 0 Å². The molecule has 0 amide bonds. The number of ether oxygens (including phenoxy) is 2. The molecule has 1 aliphatic rings. The lowest BCUT2D eigenvalue weighted by Crippen LogP contribution is -2.32. The second kappa shape index (κ2) is 7.02. The molecule has 1 heterocycles. The first-order chi connectivity index (χ1) is 8.83. The summed E-state index contributed by atoms with van der Waals surface area (Å²) in [6, 6.07) is 8.70. The summed E-state index contributed by atoms with van der Waals surface area (Å²) in [6.07, 6.45) is 0. The summed E-state index contributed by atoms with van der Waals surface area (Å²) in [5, 5.41) is 4.21. The Morgan fingerprint density at radius 1 is 1.50 bits per heavy atom. The summed E-state index contributed by atoms with van der Waals surface area (Å²) in [5.41, 5.74) is 1.30. The van der Waals surface area contributed by atoms with Crippen LogP contribution in [0.1, 0.15) is 18.5 Å². The van der Waals surface area contributed by atoms with Crippen molar-refractivity contribution in [1.82, 2.24) is 5.32 Å². The second-order valence-corrected chi connectivity index (χ2v) is 5.71. The van der Waals surface area contributed by atoms with E-state index in [2.05, 4.69) is 30.4 Å². The first-order valence-electron chi connectivity index (χ1n) is 6.40. The highest BCUT2D eigenvalue weighted by molar-refractivity contribution is 8.00. The van der Waals surface area contributed by atoms with Crippen molar-refractivity contribution >= 4 is 11.8 Å². The van der Waals surface area contributed by atoms with Crippen molar-refractivity contribution < 1.29 is 9.47 Å². The van der Waals surface area contributed by atoms with E-state index in [1.165, 1.54) is 5.56 Å². The third-order valence-electron chi connectivity index (χ3n) is 3.05. The molecule has 0 radical (unpaired) electrons. The van der Waals surface area contributed by atoms with E-state index in [4.69, 9.17) is 9.47 Å². The van der Waals surface area contributed by atoms with Gasteiger partial charge in [0.25, 0.3) is 0 Å². The van der Waals surface area contributed by atoms with Crippen molar-refractivity contribution in [1.29, 1.82) is 0 Å². The van der Waals surface area contributed by atoms with E-state index in [0.29, 0.717) is 11.3 Å². The zero-order valence-corrected chi connectivity index (χ0v) is 11.8. The Bertz CT molecular complexity index is 369. The van der Waals surface area contributed by atoms with Crippen LogP contribution in [0.25, 0.3) is 0 Å². The lowest BCUT2D eigenvalue weighted by molar-refractivity contribution is 0.0455. The van der Waals surface area contributed by atoms with Gasteiger partial charge in [0.15, 0.2) is 0 Å². The molecular weight excluding hydrogens is 246 g/mol. The fourth-order valence-electron chi connectivity index (χ4n) is 1.92. The standard InChI is InChI=1S/C14H21NO2S/c1-3-15-14(10-18-13-8-17-9-13)11-5-4-6-12(7-11)16-2/h4-7,13-15H,3,8-10H2,1-2H3. The molecule has 1 aromatic carbocycles. The molecule has 0 spiro atoms. The highest BCUT2D eigenvalue weighted by atomic mass is 32.2. The Balaban J connectivity index is 1.97. The van der Waals surface area contributed by atoms with E-state index < -0.39 is 0 Å². The largest absolute Gasteiger partial charge is 0.497 e. The van der Waals surface area contributed by atoms with Crippen LogP contribution in [0.2, 0.25) is 0 Å². The van der Waals surface area contributed by atoms with Gasteiger partial charge in [0, 0.05) is 11.8 Å². The molecule has 0 aliphatic carbocycles. The second-order valence-electron chi connectivity index (χ2n) is 4.38. The zero-order valence-electron chi connectivity index (χ0n) is 11.0. The maximum absolute atomic E-state index is 5.29. The molecule has 1 N–H and O–H groups in total. The molecule has 3 nitrogen and oxygen atoms in total. The molecular formula is C14H21NO2S. The van der Waals surface area contributed by atoms with Gasteiger partial charge in [0.1, 0.15) is 5.75 Å². The van der Waals surface area contributed by atoms with Gasteiger partial charge in [-0.05, 0) is 24.2 Å². The molecule has 0 saturated carbocycles. The summed E-state index contributed by atoms with van der Waals surface area (Å²) in [6.45, 7) is 4.93. The van der Waals surface area contributed by atoms with Crippen molar-refractivity contribution in [2.75, 3.05) is 32.6 Å². The molecule has 100 valence electrons. The van der Waals surface area contributed by atoms with Crippen molar-refractivity contribution in [3.8, 4) is 5.75 Å². The fourth-order valence-corrected chi connectivity index (χ4v) is 3.08. The first-order valence-corrected chi connectivity index (χ1v) is 7.45. The van der Waals surface area contributed by atoms with Crippen LogP contribution in [0.3, 0.4) is 0 Å². The lowest BCUT2D eigenvalue weighted by Gasteiger charge is -2.27. The number of hydrogen-bond acceptors (Lipinski definition) is 4. The van der Waals surface area contributed by atoms with Gasteiger partial charge in [0.2, 0.25) is 0 Å². The maximum Gasteiger partial charge on any atom is 0.119 e. The third-order valence-corrected chi connectivity index (χ3v) is 4.32. The highest BCUT2D eigenvalue weighted by Gasteiger charge is 2.21. The molecule has 1 atom stereocenters. The number of methoxy groups -OCH3 is 1. The predicted molar refractivity (Wildman–Crippen MR) is 76.5 cm³/mol. The Labute approximate surface area is 113 Å². The Hall–Kier alpha value is -0.710. The lowest BCUT2D eigenvalue weighted by atomic mass is 10.1. The third kappa shape index (κ3) is 3.64. The van der Waals surface area contributed by atoms with Crippen molar-refractivity contribution in [3.63, 3.8) is 0 Å². The van der Waals surface area contributed by atoms with E-state index in [1.807, 2.05) is 17.8 Å². The van der Waals surface area contributed by atoms with E-state index in [1.54, 1.807) is 7.11 Å².